The number of aryl methyl sites for hydroxylation is 1. The van der Waals surface area contributed by atoms with Gasteiger partial charge >= 0.3 is 0 Å². The fourth-order valence-electron chi connectivity index (χ4n) is 2.22. The van der Waals surface area contributed by atoms with Crippen LogP contribution in [0.3, 0.4) is 0 Å². The minimum atomic E-state index is 0.378. The average molecular weight is 353 g/mol. The SMILES string of the molecule is CCOc1ccc(N=C(Nc2cccnc2)n2sc(C)cc2=N)cc1. The zero-order valence-corrected chi connectivity index (χ0v) is 14.9. The molecule has 25 heavy (non-hydrogen) atoms. The highest BCUT2D eigenvalue weighted by Gasteiger charge is 2.08. The van der Waals surface area contributed by atoms with Crippen LogP contribution in [0.5, 0.6) is 5.75 Å². The van der Waals surface area contributed by atoms with Gasteiger partial charge in [0.15, 0.2) is 0 Å². The molecule has 3 rings (SSSR count). The fraction of sp³-hybridized carbons (Fsp3) is 0.167. The van der Waals surface area contributed by atoms with Crippen LogP contribution in [0, 0.1) is 12.3 Å². The maximum absolute atomic E-state index is 8.16. The first kappa shape index (κ1) is 16.9. The maximum Gasteiger partial charge on any atom is 0.223 e. The van der Waals surface area contributed by atoms with E-state index >= 15 is 0 Å². The van der Waals surface area contributed by atoms with E-state index in [0.29, 0.717) is 18.1 Å². The Bertz CT molecular complexity index is 913. The third-order valence-electron chi connectivity index (χ3n) is 3.29. The number of aromatic nitrogens is 2. The minimum Gasteiger partial charge on any atom is -0.494 e. The lowest BCUT2D eigenvalue weighted by Crippen LogP contribution is -2.28. The van der Waals surface area contributed by atoms with Gasteiger partial charge in [0.05, 0.1) is 24.2 Å². The molecule has 6 nitrogen and oxygen atoms in total. The molecule has 0 aliphatic heterocycles. The summed E-state index contributed by atoms with van der Waals surface area (Å²) in [5, 5.41) is 11.4. The lowest BCUT2D eigenvalue weighted by Gasteiger charge is -2.10. The van der Waals surface area contributed by atoms with Crippen LogP contribution in [0.1, 0.15) is 11.8 Å². The molecule has 0 fully saturated rings. The molecule has 0 aliphatic carbocycles. The molecule has 0 aliphatic rings. The smallest absolute Gasteiger partial charge is 0.223 e. The van der Waals surface area contributed by atoms with Gasteiger partial charge < -0.3 is 10.1 Å². The molecule has 128 valence electrons. The quantitative estimate of drug-likeness (QED) is 0.554. The number of hydrogen-bond donors (Lipinski definition) is 2. The number of anilines is 1. The summed E-state index contributed by atoms with van der Waals surface area (Å²) in [6.07, 6.45) is 3.44. The molecule has 0 saturated carbocycles. The van der Waals surface area contributed by atoms with Gasteiger partial charge in [0.25, 0.3) is 0 Å². The Hall–Kier alpha value is -2.93. The molecular formula is C18H19N5OS. The van der Waals surface area contributed by atoms with Gasteiger partial charge in [-0.15, -0.1) is 0 Å². The number of aliphatic imine (C=N–C) groups is 1. The first-order valence-electron chi connectivity index (χ1n) is 7.89. The summed E-state index contributed by atoms with van der Waals surface area (Å²) in [6.45, 7) is 4.55. The first-order chi connectivity index (χ1) is 12.2. The summed E-state index contributed by atoms with van der Waals surface area (Å²) in [5.74, 6) is 1.37. The zero-order chi connectivity index (χ0) is 17.6. The Labute approximate surface area is 150 Å². The summed E-state index contributed by atoms with van der Waals surface area (Å²) < 4.78 is 7.21. The second kappa shape index (κ2) is 7.76. The Morgan fingerprint density at radius 1 is 1.32 bits per heavy atom. The summed E-state index contributed by atoms with van der Waals surface area (Å²) >= 11 is 1.46. The van der Waals surface area contributed by atoms with E-state index in [1.165, 1.54) is 11.5 Å². The average Bonchev–Trinajstić information content (AvgIpc) is 2.95. The summed E-state index contributed by atoms with van der Waals surface area (Å²) in [6, 6.07) is 13.1. The van der Waals surface area contributed by atoms with Crippen molar-refractivity contribution in [2.45, 2.75) is 13.8 Å². The van der Waals surface area contributed by atoms with Crippen molar-refractivity contribution in [1.29, 1.82) is 5.41 Å². The van der Waals surface area contributed by atoms with Crippen molar-refractivity contribution in [2.75, 3.05) is 11.9 Å². The highest BCUT2D eigenvalue weighted by atomic mass is 32.1. The topological polar surface area (TPSA) is 75.3 Å². The van der Waals surface area contributed by atoms with E-state index in [1.54, 1.807) is 16.4 Å². The molecule has 2 aromatic heterocycles. The summed E-state index contributed by atoms with van der Waals surface area (Å²) in [5.41, 5.74) is 1.96. The normalized spacial score (nSPS) is 11.4. The van der Waals surface area contributed by atoms with E-state index in [0.717, 1.165) is 22.0 Å². The number of nitrogens with zero attached hydrogens (tertiary/aromatic N) is 3. The van der Waals surface area contributed by atoms with Gasteiger partial charge in [-0.1, -0.05) is 11.5 Å². The molecule has 1 aromatic carbocycles. The van der Waals surface area contributed by atoms with E-state index in [9.17, 15) is 0 Å². The molecular weight excluding hydrogens is 334 g/mol. The van der Waals surface area contributed by atoms with Gasteiger partial charge in [-0.3, -0.25) is 10.4 Å². The second-order valence-corrected chi connectivity index (χ2v) is 6.45. The van der Waals surface area contributed by atoms with Crippen molar-refractivity contribution in [3.63, 3.8) is 0 Å². The summed E-state index contributed by atoms with van der Waals surface area (Å²) in [4.78, 5) is 9.83. The minimum absolute atomic E-state index is 0.378. The molecule has 0 unspecified atom stereocenters. The molecule has 0 spiro atoms. The van der Waals surface area contributed by atoms with E-state index < -0.39 is 0 Å². The number of hydrogen-bond acceptors (Lipinski definition) is 5. The molecule has 0 amide bonds. The predicted molar refractivity (Wildman–Crippen MR) is 101 cm³/mol. The first-order valence-corrected chi connectivity index (χ1v) is 8.66. The van der Waals surface area contributed by atoms with Gasteiger partial charge in [-0.05, 0) is 56.3 Å². The second-order valence-electron chi connectivity index (χ2n) is 5.25. The van der Waals surface area contributed by atoms with Crippen LogP contribution in [0.15, 0.2) is 59.9 Å². The van der Waals surface area contributed by atoms with Crippen LogP contribution >= 0.6 is 11.5 Å². The van der Waals surface area contributed by atoms with Crippen LogP contribution in [0.2, 0.25) is 0 Å². The molecule has 0 bridgehead atoms. The number of nitrogens with one attached hydrogen (secondary N) is 2. The van der Waals surface area contributed by atoms with Gasteiger partial charge in [-0.2, -0.15) is 0 Å². The van der Waals surface area contributed by atoms with E-state index in [-0.39, 0.29) is 0 Å². The van der Waals surface area contributed by atoms with Crippen LogP contribution in [-0.2, 0) is 0 Å². The molecule has 3 aromatic rings. The number of rotatable bonds is 4. The highest BCUT2D eigenvalue weighted by Crippen LogP contribution is 2.19. The van der Waals surface area contributed by atoms with Crippen LogP contribution < -0.4 is 15.5 Å². The molecule has 2 N–H and O–H groups in total. The van der Waals surface area contributed by atoms with E-state index in [2.05, 4.69) is 15.3 Å². The van der Waals surface area contributed by atoms with Crippen LogP contribution in [-0.4, -0.2) is 21.5 Å². The Balaban J connectivity index is 1.98. The largest absolute Gasteiger partial charge is 0.494 e. The van der Waals surface area contributed by atoms with Crippen LogP contribution in [0.25, 0.3) is 0 Å². The van der Waals surface area contributed by atoms with Crippen molar-refractivity contribution in [1.82, 2.24) is 8.94 Å². The Morgan fingerprint density at radius 3 is 2.72 bits per heavy atom. The number of ether oxygens (including phenoxy) is 1. The lowest BCUT2D eigenvalue weighted by atomic mass is 10.3. The standard InChI is InChI=1S/C18H19N5OS/c1-3-24-16-8-6-14(7-9-16)21-18(22-15-5-4-10-20-12-15)23-17(19)11-13(2)25-23/h4-12,19H,3H2,1-2H3,(H,21,22). The highest BCUT2D eigenvalue weighted by molar-refractivity contribution is 7.07. The lowest BCUT2D eigenvalue weighted by molar-refractivity contribution is 0.340. The summed E-state index contributed by atoms with van der Waals surface area (Å²) in [7, 11) is 0. The molecule has 2 heterocycles. The maximum atomic E-state index is 8.16. The number of benzene rings is 1. The van der Waals surface area contributed by atoms with Gasteiger partial charge in [-0.25, -0.2) is 8.95 Å². The van der Waals surface area contributed by atoms with E-state index in [1.807, 2.05) is 56.3 Å². The molecule has 0 atom stereocenters. The van der Waals surface area contributed by atoms with Crippen molar-refractivity contribution in [3.05, 3.63) is 65.2 Å². The Morgan fingerprint density at radius 2 is 2.12 bits per heavy atom. The predicted octanol–water partition coefficient (Wildman–Crippen LogP) is 3.78. The van der Waals surface area contributed by atoms with Crippen molar-refractivity contribution in [3.8, 4) is 5.75 Å². The van der Waals surface area contributed by atoms with Crippen molar-refractivity contribution >= 4 is 28.9 Å². The van der Waals surface area contributed by atoms with Crippen molar-refractivity contribution in [2.24, 2.45) is 4.99 Å². The monoisotopic (exact) mass is 353 g/mol. The van der Waals surface area contributed by atoms with Gasteiger partial charge in [0.2, 0.25) is 5.96 Å². The van der Waals surface area contributed by atoms with Crippen molar-refractivity contribution < 1.29 is 4.74 Å². The third kappa shape index (κ3) is 4.33. The van der Waals surface area contributed by atoms with E-state index in [4.69, 9.17) is 10.1 Å². The fourth-order valence-corrected chi connectivity index (χ4v) is 3.00. The van der Waals surface area contributed by atoms with Crippen LogP contribution in [0.4, 0.5) is 11.4 Å². The van der Waals surface area contributed by atoms with Gasteiger partial charge in [0, 0.05) is 11.1 Å². The molecule has 7 heteroatoms. The molecule has 0 saturated heterocycles. The van der Waals surface area contributed by atoms with Gasteiger partial charge in [0.1, 0.15) is 11.2 Å². The number of pyridine rings is 1. The zero-order valence-electron chi connectivity index (χ0n) is 14.1. The Kier molecular flexibility index (Phi) is 5.25. The molecule has 0 radical (unpaired) electrons. The third-order valence-corrected chi connectivity index (χ3v) is 4.24.